The van der Waals surface area contributed by atoms with E-state index in [9.17, 15) is 14.7 Å². The molecule has 0 fully saturated rings. The number of carboxylic acids is 1. The molecule has 6 nitrogen and oxygen atoms in total. The number of carboxylic acid groups (broad SMARTS) is 1. The number of aromatic hydroxyl groups is 1. The number of rotatable bonds is 7. The van der Waals surface area contributed by atoms with Crippen LogP contribution in [0.2, 0.25) is 0 Å². The van der Waals surface area contributed by atoms with Gasteiger partial charge in [-0.25, -0.2) is 4.79 Å². The lowest BCUT2D eigenvalue weighted by molar-refractivity contribution is -0.139. The van der Waals surface area contributed by atoms with Crippen molar-refractivity contribution in [2.75, 3.05) is 19.1 Å². The molecule has 0 aliphatic heterocycles. The van der Waals surface area contributed by atoms with Crippen LogP contribution < -0.4 is 10.1 Å². The number of ether oxygens (including phenoxy) is 1. The van der Waals surface area contributed by atoms with Crippen LogP contribution >= 0.6 is 11.8 Å². The first-order valence-electron chi connectivity index (χ1n) is 5.89. The smallest absolute Gasteiger partial charge is 0.326 e. The molecule has 1 unspecified atom stereocenters. The molecule has 0 aliphatic rings. The van der Waals surface area contributed by atoms with Crippen molar-refractivity contribution in [3.8, 4) is 11.5 Å². The number of methoxy groups -OCH3 is 1. The number of nitrogens with one attached hydrogen (secondary N) is 1. The number of phenols is 1. The topological polar surface area (TPSA) is 95.9 Å². The minimum Gasteiger partial charge on any atom is -0.507 e. The minimum atomic E-state index is -1.10. The summed E-state index contributed by atoms with van der Waals surface area (Å²) in [5.74, 6) is -0.952. The number of benzene rings is 1. The Balaban J connectivity index is 2.85. The summed E-state index contributed by atoms with van der Waals surface area (Å²) in [6, 6.07) is 3.21. The van der Waals surface area contributed by atoms with Crippen LogP contribution in [0.5, 0.6) is 11.5 Å². The van der Waals surface area contributed by atoms with Gasteiger partial charge in [0.25, 0.3) is 5.91 Å². The largest absolute Gasteiger partial charge is 0.507 e. The van der Waals surface area contributed by atoms with Gasteiger partial charge in [0.1, 0.15) is 17.5 Å². The van der Waals surface area contributed by atoms with Crippen molar-refractivity contribution in [3.05, 3.63) is 23.8 Å². The van der Waals surface area contributed by atoms with Crippen molar-refractivity contribution < 1.29 is 24.5 Å². The van der Waals surface area contributed by atoms with Crippen LogP contribution in [-0.2, 0) is 4.79 Å². The zero-order valence-electron chi connectivity index (χ0n) is 11.3. The Morgan fingerprint density at radius 1 is 1.45 bits per heavy atom. The second-order valence-corrected chi connectivity index (χ2v) is 5.01. The third-order valence-corrected chi connectivity index (χ3v) is 3.31. The number of carbonyl (C=O) groups is 2. The highest BCUT2D eigenvalue weighted by molar-refractivity contribution is 7.98. The highest BCUT2D eigenvalue weighted by atomic mass is 32.2. The van der Waals surface area contributed by atoms with Crippen LogP contribution in [0.3, 0.4) is 0 Å². The summed E-state index contributed by atoms with van der Waals surface area (Å²) in [6.45, 7) is 0. The molecule has 0 saturated heterocycles. The monoisotopic (exact) mass is 299 g/mol. The van der Waals surface area contributed by atoms with Crippen molar-refractivity contribution >= 4 is 23.6 Å². The van der Waals surface area contributed by atoms with E-state index in [1.165, 1.54) is 37.1 Å². The molecule has 20 heavy (non-hydrogen) atoms. The maximum Gasteiger partial charge on any atom is 0.326 e. The first kappa shape index (κ1) is 16.2. The fourth-order valence-corrected chi connectivity index (χ4v) is 2.02. The quantitative estimate of drug-likeness (QED) is 0.703. The summed E-state index contributed by atoms with van der Waals surface area (Å²) in [6.07, 6.45) is 2.17. The van der Waals surface area contributed by atoms with Gasteiger partial charge in [-0.05, 0) is 36.6 Å². The highest BCUT2D eigenvalue weighted by Gasteiger charge is 2.22. The molecule has 0 radical (unpaired) electrons. The Kier molecular flexibility index (Phi) is 6.17. The first-order valence-corrected chi connectivity index (χ1v) is 7.28. The van der Waals surface area contributed by atoms with Gasteiger partial charge in [-0.1, -0.05) is 0 Å². The number of amides is 1. The van der Waals surface area contributed by atoms with Gasteiger partial charge in [-0.3, -0.25) is 4.79 Å². The van der Waals surface area contributed by atoms with E-state index in [1.54, 1.807) is 0 Å². The Morgan fingerprint density at radius 3 is 2.70 bits per heavy atom. The summed E-state index contributed by atoms with van der Waals surface area (Å²) in [7, 11) is 1.44. The van der Waals surface area contributed by atoms with Crippen LogP contribution in [0.1, 0.15) is 16.8 Å². The molecule has 0 saturated carbocycles. The van der Waals surface area contributed by atoms with Crippen LogP contribution in [0.4, 0.5) is 0 Å². The van der Waals surface area contributed by atoms with Crippen molar-refractivity contribution in [1.29, 1.82) is 0 Å². The van der Waals surface area contributed by atoms with Gasteiger partial charge in [-0.15, -0.1) is 0 Å². The average Bonchev–Trinajstić information content (AvgIpc) is 2.43. The van der Waals surface area contributed by atoms with E-state index < -0.39 is 17.9 Å². The van der Waals surface area contributed by atoms with Crippen LogP contribution in [0, 0.1) is 0 Å². The second kappa shape index (κ2) is 7.64. The van der Waals surface area contributed by atoms with Gasteiger partial charge in [-0.2, -0.15) is 11.8 Å². The number of thioether (sulfide) groups is 1. The number of hydrogen-bond acceptors (Lipinski definition) is 5. The fraction of sp³-hybridized carbons (Fsp3) is 0.385. The minimum absolute atomic E-state index is 0.0141. The molecule has 3 N–H and O–H groups in total. The number of phenolic OH excluding ortho intramolecular Hbond substituents is 1. The van der Waals surface area contributed by atoms with Crippen LogP contribution in [0.25, 0.3) is 0 Å². The predicted molar refractivity (Wildman–Crippen MR) is 76.5 cm³/mol. The lowest BCUT2D eigenvalue weighted by Crippen LogP contribution is -2.41. The molecule has 0 spiro atoms. The van der Waals surface area contributed by atoms with Gasteiger partial charge < -0.3 is 20.3 Å². The Labute approximate surface area is 121 Å². The van der Waals surface area contributed by atoms with Gasteiger partial charge in [0, 0.05) is 0 Å². The Hall–Kier alpha value is -1.89. The summed E-state index contributed by atoms with van der Waals surface area (Å²) in [5, 5.41) is 21.1. The fourth-order valence-electron chi connectivity index (χ4n) is 1.55. The number of aliphatic carboxylic acids is 1. The molecule has 1 rings (SSSR count). The lowest BCUT2D eigenvalue weighted by atomic mass is 10.1. The molecule has 0 bridgehead atoms. The average molecular weight is 299 g/mol. The maximum atomic E-state index is 12.0. The van der Waals surface area contributed by atoms with E-state index in [0.717, 1.165) is 0 Å². The number of carbonyl (C=O) groups excluding carboxylic acids is 1. The Morgan fingerprint density at radius 2 is 2.15 bits per heavy atom. The van der Waals surface area contributed by atoms with E-state index in [-0.39, 0.29) is 11.3 Å². The second-order valence-electron chi connectivity index (χ2n) is 4.03. The van der Waals surface area contributed by atoms with Crippen molar-refractivity contribution in [2.24, 2.45) is 0 Å². The van der Waals surface area contributed by atoms with Crippen molar-refractivity contribution in [3.63, 3.8) is 0 Å². The van der Waals surface area contributed by atoms with E-state index in [4.69, 9.17) is 9.84 Å². The van der Waals surface area contributed by atoms with E-state index in [1.807, 2.05) is 6.26 Å². The third kappa shape index (κ3) is 4.34. The van der Waals surface area contributed by atoms with Gasteiger partial charge in [0.2, 0.25) is 0 Å². The van der Waals surface area contributed by atoms with Gasteiger partial charge in [0.15, 0.2) is 0 Å². The predicted octanol–water partition coefficient (Wildman–Crippen LogP) is 1.34. The maximum absolute atomic E-state index is 12.0. The summed E-state index contributed by atoms with van der Waals surface area (Å²) >= 11 is 1.50. The van der Waals surface area contributed by atoms with Gasteiger partial charge in [0.05, 0.1) is 12.7 Å². The molecule has 0 aliphatic carbocycles. The summed E-state index contributed by atoms with van der Waals surface area (Å²) in [5.41, 5.74) is -0.0141. The van der Waals surface area contributed by atoms with Crippen molar-refractivity contribution in [2.45, 2.75) is 12.5 Å². The number of hydrogen-bond donors (Lipinski definition) is 3. The summed E-state index contributed by atoms with van der Waals surface area (Å²) < 4.78 is 4.97. The molecular weight excluding hydrogens is 282 g/mol. The van der Waals surface area contributed by atoms with Crippen LogP contribution in [-0.4, -0.2) is 47.2 Å². The standard InChI is InChI=1S/C13H17NO5S/c1-19-8-3-4-11(15)9(7-8)12(16)14-10(13(17)18)5-6-20-2/h3-4,7,10,15H,5-6H2,1-2H3,(H,14,16)(H,17,18). The molecule has 7 heteroatoms. The summed E-state index contributed by atoms with van der Waals surface area (Å²) in [4.78, 5) is 23.1. The SMILES string of the molecule is COc1ccc(O)c(C(=O)NC(CCSC)C(=O)O)c1. The molecule has 1 amide bonds. The lowest BCUT2D eigenvalue weighted by Gasteiger charge is -2.14. The molecular formula is C13H17NO5S. The molecule has 0 aromatic heterocycles. The zero-order valence-corrected chi connectivity index (χ0v) is 12.1. The van der Waals surface area contributed by atoms with E-state index in [0.29, 0.717) is 17.9 Å². The molecule has 1 atom stereocenters. The third-order valence-electron chi connectivity index (χ3n) is 2.66. The molecule has 1 aromatic rings. The van der Waals surface area contributed by atoms with E-state index in [2.05, 4.69) is 5.32 Å². The Bertz CT molecular complexity index is 492. The van der Waals surface area contributed by atoms with Gasteiger partial charge >= 0.3 is 5.97 Å². The first-order chi connectivity index (χ1) is 9.49. The van der Waals surface area contributed by atoms with Crippen LogP contribution in [0.15, 0.2) is 18.2 Å². The molecule has 110 valence electrons. The molecule has 0 heterocycles. The van der Waals surface area contributed by atoms with E-state index >= 15 is 0 Å². The zero-order chi connectivity index (χ0) is 15.1. The molecule has 1 aromatic carbocycles. The normalized spacial score (nSPS) is 11.7. The highest BCUT2D eigenvalue weighted by Crippen LogP contribution is 2.22. The van der Waals surface area contributed by atoms with Crippen molar-refractivity contribution in [1.82, 2.24) is 5.32 Å².